The molecule has 0 amide bonds. The molecule has 0 aliphatic rings. The number of halogens is 3. The highest BCUT2D eigenvalue weighted by molar-refractivity contribution is 14.1. The molecule has 0 unspecified atom stereocenters. The summed E-state index contributed by atoms with van der Waals surface area (Å²) in [5, 5.41) is 9.13. The molecule has 0 atom stereocenters. The van der Waals surface area contributed by atoms with E-state index in [2.05, 4.69) is 0 Å². The van der Waals surface area contributed by atoms with Gasteiger partial charge >= 0.3 is 0 Å². The summed E-state index contributed by atoms with van der Waals surface area (Å²) in [6, 6.07) is 8.42. The van der Waals surface area contributed by atoms with Gasteiger partial charge in [0.05, 0.1) is 22.3 Å². The second-order valence-electron chi connectivity index (χ2n) is 3.80. The fourth-order valence-electron chi connectivity index (χ4n) is 1.75. The maximum atomic E-state index is 13.2. The Balaban J connectivity index is 2.68. The Hall–Kier alpha value is -1.68. The number of hydrogen-bond donors (Lipinski definition) is 0. The lowest BCUT2D eigenvalue weighted by Gasteiger charge is -2.09. The molecule has 0 heterocycles. The van der Waals surface area contributed by atoms with Gasteiger partial charge in [-0.3, -0.25) is 0 Å². The monoisotopic (exact) mass is 371 g/mol. The van der Waals surface area contributed by atoms with E-state index >= 15 is 0 Å². The fraction of sp³-hybridized carbons (Fsp3) is 0.0714. The first kappa shape index (κ1) is 13.7. The quantitative estimate of drug-likeness (QED) is 0.745. The van der Waals surface area contributed by atoms with E-state index in [0.717, 1.165) is 9.64 Å². The second-order valence-corrected chi connectivity index (χ2v) is 4.96. The van der Waals surface area contributed by atoms with Crippen LogP contribution < -0.4 is 4.74 Å². The van der Waals surface area contributed by atoms with Gasteiger partial charge in [-0.25, -0.2) is 8.78 Å². The van der Waals surface area contributed by atoms with Crippen molar-refractivity contribution < 1.29 is 13.5 Å². The van der Waals surface area contributed by atoms with Gasteiger partial charge in [-0.15, -0.1) is 0 Å². The molecule has 2 nitrogen and oxygen atoms in total. The van der Waals surface area contributed by atoms with Crippen LogP contribution in [0, 0.1) is 26.5 Å². The third-order valence-corrected chi connectivity index (χ3v) is 3.43. The van der Waals surface area contributed by atoms with E-state index in [0.29, 0.717) is 22.4 Å². The van der Waals surface area contributed by atoms with Crippen molar-refractivity contribution in [1.82, 2.24) is 0 Å². The predicted molar refractivity (Wildman–Crippen MR) is 75.8 cm³/mol. The average Bonchev–Trinajstić information content (AvgIpc) is 2.37. The van der Waals surface area contributed by atoms with Gasteiger partial charge < -0.3 is 4.74 Å². The van der Waals surface area contributed by atoms with Crippen molar-refractivity contribution in [3.8, 4) is 22.9 Å². The molecule has 0 aliphatic heterocycles. The highest BCUT2D eigenvalue weighted by Gasteiger charge is 2.12. The van der Waals surface area contributed by atoms with E-state index in [1.807, 2.05) is 28.7 Å². The molecule has 0 fully saturated rings. The molecule has 0 N–H and O–H groups in total. The first-order valence-corrected chi connectivity index (χ1v) is 6.37. The lowest BCUT2D eigenvalue weighted by atomic mass is 10.00. The number of methoxy groups -OCH3 is 1. The van der Waals surface area contributed by atoms with E-state index in [-0.39, 0.29) is 0 Å². The molecule has 2 rings (SSSR count). The molecular weight excluding hydrogens is 363 g/mol. The first-order chi connectivity index (χ1) is 9.05. The first-order valence-electron chi connectivity index (χ1n) is 5.29. The van der Waals surface area contributed by atoms with Gasteiger partial charge in [0.15, 0.2) is 0 Å². The smallest absolute Gasteiger partial charge is 0.133 e. The van der Waals surface area contributed by atoms with Crippen LogP contribution in [-0.4, -0.2) is 7.11 Å². The maximum absolute atomic E-state index is 13.2. The van der Waals surface area contributed by atoms with E-state index < -0.39 is 11.6 Å². The number of hydrogen-bond acceptors (Lipinski definition) is 2. The Kier molecular flexibility index (Phi) is 4.00. The lowest BCUT2D eigenvalue weighted by molar-refractivity contribution is 0.412. The van der Waals surface area contributed by atoms with Crippen LogP contribution in [0.3, 0.4) is 0 Å². The molecule has 0 aromatic heterocycles. The van der Waals surface area contributed by atoms with Crippen LogP contribution in [0.25, 0.3) is 11.1 Å². The summed E-state index contributed by atoms with van der Waals surface area (Å²) >= 11 is 2.04. The molecule has 0 radical (unpaired) electrons. The minimum Gasteiger partial charge on any atom is -0.496 e. The predicted octanol–water partition coefficient (Wildman–Crippen LogP) is 4.12. The number of nitriles is 1. The van der Waals surface area contributed by atoms with Crippen LogP contribution in [-0.2, 0) is 0 Å². The third kappa shape index (κ3) is 2.84. The standard InChI is InChI=1S/C14H8F2INO/c1-19-14-4-9(7-18)12(6-13(14)17)8-2-10(15)5-11(16)3-8/h2-6H,1H3. The molecule has 0 aliphatic carbocycles. The van der Waals surface area contributed by atoms with Crippen LogP contribution in [0.4, 0.5) is 8.78 Å². The van der Waals surface area contributed by atoms with Gasteiger partial charge in [-0.2, -0.15) is 5.26 Å². The van der Waals surface area contributed by atoms with Gasteiger partial charge in [0.2, 0.25) is 0 Å². The normalized spacial score (nSPS) is 10.1. The zero-order valence-corrected chi connectivity index (χ0v) is 12.0. The topological polar surface area (TPSA) is 33.0 Å². The van der Waals surface area contributed by atoms with Crippen LogP contribution >= 0.6 is 22.6 Å². The molecule has 5 heteroatoms. The minimum absolute atomic E-state index is 0.308. The van der Waals surface area contributed by atoms with E-state index in [9.17, 15) is 8.78 Å². The van der Waals surface area contributed by atoms with Gasteiger partial charge in [-0.05, 0) is 52.4 Å². The summed E-state index contributed by atoms with van der Waals surface area (Å²) in [4.78, 5) is 0. The largest absolute Gasteiger partial charge is 0.496 e. The zero-order chi connectivity index (χ0) is 14.0. The van der Waals surface area contributed by atoms with E-state index in [4.69, 9.17) is 10.00 Å². The van der Waals surface area contributed by atoms with Crippen molar-refractivity contribution in [2.24, 2.45) is 0 Å². The zero-order valence-electron chi connectivity index (χ0n) is 9.88. The average molecular weight is 371 g/mol. The van der Waals surface area contributed by atoms with E-state index in [1.54, 1.807) is 12.1 Å². The Bertz CT molecular complexity index is 660. The third-order valence-electron chi connectivity index (χ3n) is 2.59. The van der Waals surface area contributed by atoms with Crippen LogP contribution in [0.1, 0.15) is 5.56 Å². The summed E-state index contributed by atoms with van der Waals surface area (Å²) in [5.41, 5.74) is 1.11. The van der Waals surface area contributed by atoms with Crippen molar-refractivity contribution in [3.05, 3.63) is 51.1 Å². The fourth-order valence-corrected chi connectivity index (χ4v) is 2.44. The highest BCUT2D eigenvalue weighted by Crippen LogP contribution is 2.32. The number of ether oxygens (including phenoxy) is 1. The van der Waals surface area contributed by atoms with Gasteiger partial charge in [-0.1, -0.05) is 0 Å². The summed E-state index contributed by atoms with van der Waals surface area (Å²) in [6.07, 6.45) is 0. The van der Waals surface area contributed by atoms with Crippen LogP contribution in [0.15, 0.2) is 30.3 Å². The Labute approximate surface area is 122 Å². The number of rotatable bonds is 2. The minimum atomic E-state index is -0.676. The Morgan fingerprint density at radius 3 is 2.26 bits per heavy atom. The Morgan fingerprint density at radius 1 is 1.11 bits per heavy atom. The summed E-state index contributed by atoms with van der Waals surface area (Å²) < 4.78 is 32.4. The molecule has 0 saturated carbocycles. The summed E-state index contributed by atoms with van der Waals surface area (Å²) in [7, 11) is 1.50. The molecule has 0 saturated heterocycles. The highest BCUT2D eigenvalue weighted by atomic mass is 127. The molecule has 96 valence electrons. The van der Waals surface area contributed by atoms with Crippen molar-refractivity contribution >= 4 is 22.6 Å². The number of benzene rings is 2. The molecule has 19 heavy (non-hydrogen) atoms. The van der Waals surface area contributed by atoms with Crippen LogP contribution in [0.5, 0.6) is 5.75 Å². The Morgan fingerprint density at radius 2 is 1.74 bits per heavy atom. The van der Waals surface area contributed by atoms with Gasteiger partial charge in [0.1, 0.15) is 17.4 Å². The second kappa shape index (κ2) is 5.53. The van der Waals surface area contributed by atoms with Crippen LogP contribution in [0.2, 0.25) is 0 Å². The maximum Gasteiger partial charge on any atom is 0.133 e. The number of nitrogens with zero attached hydrogens (tertiary/aromatic N) is 1. The summed E-state index contributed by atoms with van der Waals surface area (Å²) in [6.45, 7) is 0. The van der Waals surface area contributed by atoms with Crippen molar-refractivity contribution in [2.45, 2.75) is 0 Å². The summed E-state index contributed by atoms with van der Waals surface area (Å²) in [5.74, 6) is -0.799. The molecule has 0 bridgehead atoms. The van der Waals surface area contributed by atoms with E-state index in [1.165, 1.54) is 19.2 Å². The molecule has 2 aromatic rings. The lowest BCUT2D eigenvalue weighted by Crippen LogP contribution is -1.93. The van der Waals surface area contributed by atoms with Crippen molar-refractivity contribution in [1.29, 1.82) is 5.26 Å². The molecule has 2 aromatic carbocycles. The van der Waals surface area contributed by atoms with Gasteiger partial charge in [0.25, 0.3) is 0 Å². The van der Waals surface area contributed by atoms with Crippen molar-refractivity contribution in [2.75, 3.05) is 7.11 Å². The van der Waals surface area contributed by atoms with Crippen molar-refractivity contribution in [3.63, 3.8) is 0 Å². The van der Waals surface area contributed by atoms with Gasteiger partial charge in [0, 0.05) is 11.6 Å². The SMILES string of the molecule is COc1cc(C#N)c(-c2cc(F)cc(F)c2)cc1I. The molecular formula is C14H8F2INO. The molecule has 0 spiro atoms.